The minimum atomic E-state index is -2.24. The summed E-state index contributed by atoms with van der Waals surface area (Å²) in [5, 5.41) is 2.42. The van der Waals surface area contributed by atoms with Crippen LogP contribution in [0.25, 0.3) is 0 Å². The van der Waals surface area contributed by atoms with Gasteiger partial charge in [-0.2, -0.15) is 0 Å². The van der Waals surface area contributed by atoms with E-state index in [9.17, 15) is 26.7 Å². The minimum absolute atomic E-state index is 0.0301. The fourth-order valence-corrected chi connectivity index (χ4v) is 2.40. The van der Waals surface area contributed by atoms with Gasteiger partial charge in [-0.1, -0.05) is 0 Å². The molecule has 0 radical (unpaired) electrons. The number of nitrogens with two attached hydrogens (primary N) is 1. The summed E-state index contributed by atoms with van der Waals surface area (Å²) in [5.74, 6) is -10.9. The molecule has 0 saturated carbocycles. The Morgan fingerprint density at radius 2 is 1.58 bits per heavy atom. The van der Waals surface area contributed by atoms with Gasteiger partial charge in [-0.05, 0) is 6.42 Å². The number of hydrogen-bond acceptors (Lipinski definition) is 5. The first-order valence-corrected chi connectivity index (χ1v) is 7.60. The molecule has 0 aliphatic carbocycles. The standard InChI is InChI=1S/C15H17F5N2O4/c1-24-15-25-7(4-21)8(26-15)5-22-9(23)3-2-6-10(16)12(18)14(20)13(19)11(6)17/h7-8,15H,2-5,21H2,1H3,(H,22,23). The SMILES string of the molecule is COC1OC(CN)C(CNC(=O)CCc2c(F)c(F)c(F)c(F)c2F)O1. The van der Waals surface area contributed by atoms with Gasteiger partial charge in [-0.15, -0.1) is 0 Å². The van der Waals surface area contributed by atoms with Crippen molar-refractivity contribution < 1.29 is 41.0 Å². The molecule has 146 valence electrons. The van der Waals surface area contributed by atoms with Gasteiger partial charge in [0.15, 0.2) is 23.3 Å². The third-order valence-corrected chi connectivity index (χ3v) is 3.81. The Balaban J connectivity index is 1.92. The molecule has 3 unspecified atom stereocenters. The fourth-order valence-electron chi connectivity index (χ4n) is 2.40. The summed E-state index contributed by atoms with van der Waals surface area (Å²) < 4.78 is 81.7. The van der Waals surface area contributed by atoms with E-state index in [4.69, 9.17) is 19.9 Å². The third-order valence-electron chi connectivity index (χ3n) is 3.81. The maximum atomic E-state index is 13.5. The van der Waals surface area contributed by atoms with Crippen LogP contribution in [0.5, 0.6) is 0 Å². The molecule has 1 aliphatic rings. The van der Waals surface area contributed by atoms with Crippen molar-refractivity contribution in [1.82, 2.24) is 5.32 Å². The van der Waals surface area contributed by atoms with Crippen LogP contribution < -0.4 is 11.1 Å². The van der Waals surface area contributed by atoms with Gasteiger partial charge in [-0.25, -0.2) is 22.0 Å². The van der Waals surface area contributed by atoms with Crippen molar-refractivity contribution in [3.63, 3.8) is 0 Å². The second-order valence-electron chi connectivity index (χ2n) is 5.46. The minimum Gasteiger partial charge on any atom is -0.353 e. The highest BCUT2D eigenvalue weighted by Gasteiger charge is 2.35. The molecular weight excluding hydrogens is 367 g/mol. The van der Waals surface area contributed by atoms with Crippen LogP contribution >= 0.6 is 0 Å². The normalized spacial score (nSPS) is 22.7. The fraction of sp³-hybridized carbons (Fsp3) is 0.533. The van der Waals surface area contributed by atoms with Crippen LogP contribution in [0, 0.1) is 29.1 Å². The van der Waals surface area contributed by atoms with Gasteiger partial charge in [0.1, 0.15) is 12.2 Å². The number of amides is 1. The van der Waals surface area contributed by atoms with Crippen molar-refractivity contribution in [2.24, 2.45) is 5.73 Å². The van der Waals surface area contributed by atoms with E-state index in [0.29, 0.717) is 0 Å². The highest BCUT2D eigenvalue weighted by molar-refractivity contribution is 5.76. The number of benzene rings is 1. The summed E-state index contributed by atoms with van der Waals surface area (Å²) in [6.07, 6.45) is -2.30. The number of carbonyl (C=O) groups excluding carboxylic acids is 1. The molecule has 0 bridgehead atoms. The number of rotatable bonds is 7. The van der Waals surface area contributed by atoms with E-state index < -0.39 is 72.1 Å². The molecule has 1 aliphatic heterocycles. The largest absolute Gasteiger partial charge is 0.353 e. The van der Waals surface area contributed by atoms with E-state index in [2.05, 4.69) is 5.32 Å². The molecule has 11 heteroatoms. The Morgan fingerprint density at radius 1 is 1.04 bits per heavy atom. The lowest BCUT2D eigenvalue weighted by Gasteiger charge is -2.15. The summed E-state index contributed by atoms with van der Waals surface area (Å²) in [5.41, 5.74) is 4.45. The van der Waals surface area contributed by atoms with Crippen LogP contribution in [0.3, 0.4) is 0 Å². The van der Waals surface area contributed by atoms with Crippen LogP contribution in [0.1, 0.15) is 12.0 Å². The molecule has 1 aromatic carbocycles. The summed E-state index contributed by atoms with van der Waals surface area (Å²) >= 11 is 0. The number of halogens is 5. The molecule has 6 nitrogen and oxygen atoms in total. The number of carbonyl (C=O) groups is 1. The molecule has 0 aromatic heterocycles. The van der Waals surface area contributed by atoms with Crippen LogP contribution in [0.15, 0.2) is 0 Å². The summed E-state index contributed by atoms with van der Waals surface area (Å²) in [7, 11) is 1.35. The number of methoxy groups -OCH3 is 1. The molecule has 1 saturated heterocycles. The molecule has 2 rings (SSSR count). The van der Waals surface area contributed by atoms with Crippen LogP contribution in [0.2, 0.25) is 0 Å². The third kappa shape index (κ3) is 4.29. The molecule has 3 atom stereocenters. The zero-order valence-electron chi connectivity index (χ0n) is 13.7. The zero-order chi connectivity index (χ0) is 19.4. The zero-order valence-corrected chi connectivity index (χ0v) is 13.7. The predicted octanol–water partition coefficient (Wildman–Crippen LogP) is 1.10. The first-order valence-electron chi connectivity index (χ1n) is 7.60. The Kier molecular flexibility index (Phi) is 6.87. The Bertz CT molecular complexity index is 647. The quantitative estimate of drug-likeness (QED) is 0.418. The second kappa shape index (κ2) is 8.71. The number of nitrogens with one attached hydrogen (secondary N) is 1. The van der Waals surface area contributed by atoms with Gasteiger partial charge in [0.25, 0.3) is 6.48 Å². The molecule has 3 N–H and O–H groups in total. The first-order chi connectivity index (χ1) is 12.3. The van der Waals surface area contributed by atoms with Crippen LogP contribution in [-0.2, 0) is 25.4 Å². The van der Waals surface area contributed by atoms with Gasteiger partial charge < -0.3 is 25.3 Å². The Labute approximate surface area is 145 Å². The number of ether oxygens (including phenoxy) is 3. The monoisotopic (exact) mass is 384 g/mol. The Morgan fingerprint density at radius 3 is 2.12 bits per heavy atom. The predicted molar refractivity (Wildman–Crippen MR) is 77.2 cm³/mol. The second-order valence-corrected chi connectivity index (χ2v) is 5.46. The van der Waals surface area contributed by atoms with Crippen LogP contribution in [0.4, 0.5) is 22.0 Å². The highest BCUT2D eigenvalue weighted by Crippen LogP contribution is 2.24. The van der Waals surface area contributed by atoms with E-state index in [0.717, 1.165) is 0 Å². The van der Waals surface area contributed by atoms with Crippen molar-refractivity contribution in [3.05, 3.63) is 34.6 Å². The van der Waals surface area contributed by atoms with E-state index in [1.54, 1.807) is 0 Å². The highest BCUT2D eigenvalue weighted by atomic mass is 19.2. The van der Waals surface area contributed by atoms with Crippen LogP contribution in [-0.4, -0.2) is 44.8 Å². The lowest BCUT2D eigenvalue weighted by molar-refractivity contribution is -0.227. The molecule has 26 heavy (non-hydrogen) atoms. The van der Waals surface area contributed by atoms with E-state index in [-0.39, 0.29) is 13.1 Å². The maximum Gasteiger partial charge on any atom is 0.272 e. The van der Waals surface area contributed by atoms with E-state index in [1.165, 1.54) is 7.11 Å². The van der Waals surface area contributed by atoms with Gasteiger partial charge in [-0.3, -0.25) is 4.79 Å². The molecule has 1 heterocycles. The average Bonchev–Trinajstić information content (AvgIpc) is 3.05. The van der Waals surface area contributed by atoms with E-state index >= 15 is 0 Å². The van der Waals surface area contributed by atoms with Crippen molar-refractivity contribution in [1.29, 1.82) is 0 Å². The van der Waals surface area contributed by atoms with Gasteiger partial charge in [0.2, 0.25) is 11.7 Å². The van der Waals surface area contributed by atoms with Crippen molar-refractivity contribution in [2.75, 3.05) is 20.2 Å². The van der Waals surface area contributed by atoms with Crippen molar-refractivity contribution in [3.8, 4) is 0 Å². The lowest BCUT2D eigenvalue weighted by atomic mass is 10.1. The lowest BCUT2D eigenvalue weighted by Crippen LogP contribution is -2.40. The smallest absolute Gasteiger partial charge is 0.272 e. The van der Waals surface area contributed by atoms with Gasteiger partial charge >= 0.3 is 0 Å². The molecule has 1 amide bonds. The molecule has 1 fully saturated rings. The van der Waals surface area contributed by atoms with E-state index in [1.807, 2.05) is 0 Å². The van der Waals surface area contributed by atoms with Crippen molar-refractivity contribution in [2.45, 2.75) is 31.5 Å². The summed E-state index contributed by atoms with van der Waals surface area (Å²) in [4.78, 5) is 11.8. The average molecular weight is 384 g/mol. The van der Waals surface area contributed by atoms with Gasteiger partial charge in [0.05, 0.1) is 0 Å². The maximum absolute atomic E-state index is 13.5. The number of hydrogen-bond donors (Lipinski definition) is 2. The van der Waals surface area contributed by atoms with Gasteiger partial charge in [0, 0.05) is 32.2 Å². The Hall–Kier alpha value is -1.82. The first kappa shape index (κ1) is 20.5. The molecule has 1 aromatic rings. The summed E-state index contributed by atoms with van der Waals surface area (Å²) in [6.45, 7) is -0.860. The molecular formula is C15H17F5N2O4. The summed E-state index contributed by atoms with van der Waals surface area (Å²) in [6, 6.07) is 0. The molecule has 0 spiro atoms. The topological polar surface area (TPSA) is 82.8 Å². The van der Waals surface area contributed by atoms with Crippen molar-refractivity contribution >= 4 is 5.91 Å².